The highest BCUT2D eigenvalue weighted by molar-refractivity contribution is 7.90. The Bertz CT molecular complexity index is 1040. The van der Waals surface area contributed by atoms with E-state index in [9.17, 15) is 13.2 Å². The molecule has 8 heteroatoms. The average Bonchev–Trinajstić information content (AvgIpc) is 2.99. The Morgan fingerprint density at radius 3 is 2.52 bits per heavy atom. The zero-order valence-electron chi connectivity index (χ0n) is 13.6. The van der Waals surface area contributed by atoms with Gasteiger partial charge in [-0.2, -0.15) is 17.6 Å². The lowest BCUT2D eigenvalue weighted by Crippen LogP contribution is -2.38. The summed E-state index contributed by atoms with van der Waals surface area (Å²) in [6, 6.07) is 10.9. The molecular weight excluding hydrogens is 340 g/mol. The molecule has 0 saturated heterocycles. The maximum absolute atomic E-state index is 12.8. The molecular formula is C17H18N4O3S. The van der Waals surface area contributed by atoms with Crippen molar-refractivity contribution in [2.24, 2.45) is 11.5 Å². The van der Waals surface area contributed by atoms with E-state index in [1.54, 1.807) is 42.5 Å². The van der Waals surface area contributed by atoms with Crippen LogP contribution in [0.15, 0.2) is 53.6 Å². The number of aromatic nitrogens is 2. The van der Waals surface area contributed by atoms with Crippen molar-refractivity contribution in [1.82, 2.24) is 9.19 Å². The number of carbonyl (C=O) groups excluding carboxylic acids is 1. The molecule has 1 amide bonds. The smallest absolute Gasteiger partial charge is 0.283 e. The average molecular weight is 358 g/mol. The van der Waals surface area contributed by atoms with Crippen LogP contribution in [0.4, 0.5) is 0 Å². The van der Waals surface area contributed by atoms with Crippen LogP contribution in [0.5, 0.6) is 0 Å². The van der Waals surface area contributed by atoms with E-state index in [1.165, 1.54) is 6.20 Å². The molecule has 25 heavy (non-hydrogen) atoms. The fourth-order valence-electron chi connectivity index (χ4n) is 2.54. The lowest BCUT2D eigenvalue weighted by Gasteiger charge is -2.08. The molecule has 7 nitrogen and oxygen atoms in total. The molecule has 1 heterocycles. The summed E-state index contributed by atoms with van der Waals surface area (Å²) >= 11 is 0. The minimum absolute atomic E-state index is 0.169. The first-order valence-corrected chi connectivity index (χ1v) is 9.07. The third-order valence-corrected chi connectivity index (χ3v) is 5.58. The fraction of sp³-hybridized carbons (Fsp3) is 0.176. The molecule has 0 aliphatic carbocycles. The van der Waals surface area contributed by atoms with Gasteiger partial charge in [-0.05, 0) is 43.2 Å². The van der Waals surface area contributed by atoms with Gasteiger partial charge in [-0.1, -0.05) is 23.8 Å². The first-order valence-electron chi connectivity index (χ1n) is 7.63. The van der Waals surface area contributed by atoms with Crippen molar-refractivity contribution in [3.63, 3.8) is 0 Å². The number of nitrogens with zero attached hydrogens (tertiary/aromatic N) is 2. The van der Waals surface area contributed by atoms with Gasteiger partial charge in [0.25, 0.3) is 10.0 Å². The van der Waals surface area contributed by atoms with Crippen LogP contribution in [0.25, 0.3) is 10.9 Å². The monoisotopic (exact) mass is 358 g/mol. The van der Waals surface area contributed by atoms with Crippen LogP contribution in [0.3, 0.4) is 0 Å². The number of benzene rings is 2. The number of fused-ring (bicyclic) bond motifs is 1. The van der Waals surface area contributed by atoms with Gasteiger partial charge in [-0.3, -0.25) is 4.79 Å². The topological polar surface area (TPSA) is 121 Å². The van der Waals surface area contributed by atoms with Gasteiger partial charge in [0.15, 0.2) is 0 Å². The summed E-state index contributed by atoms with van der Waals surface area (Å²) in [5, 5.41) is 4.67. The summed E-state index contributed by atoms with van der Waals surface area (Å²) < 4.78 is 26.6. The first-order chi connectivity index (χ1) is 11.8. The van der Waals surface area contributed by atoms with Gasteiger partial charge < -0.3 is 11.5 Å². The molecule has 0 radical (unpaired) electrons. The lowest BCUT2D eigenvalue weighted by molar-refractivity contribution is -0.119. The molecule has 0 aliphatic heterocycles. The Morgan fingerprint density at radius 2 is 1.88 bits per heavy atom. The van der Waals surface area contributed by atoms with Crippen LogP contribution in [0, 0.1) is 6.92 Å². The number of hydrogen-bond acceptors (Lipinski definition) is 5. The normalized spacial score (nSPS) is 13.0. The third-order valence-electron chi connectivity index (χ3n) is 3.97. The van der Waals surface area contributed by atoms with Crippen molar-refractivity contribution in [1.29, 1.82) is 0 Å². The molecule has 4 N–H and O–H groups in total. The highest BCUT2D eigenvalue weighted by Gasteiger charge is 2.20. The third kappa shape index (κ3) is 3.26. The number of nitrogens with two attached hydrogens (primary N) is 2. The largest absolute Gasteiger partial charge is 0.368 e. The van der Waals surface area contributed by atoms with Crippen LogP contribution >= 0.6 is 0 Å². The Balaban J connectivity index is 2.01. The maximum atomic E-state index is 12.8. The Morgan fingerprint density at radius 1 is 1.20 bits per heavy atom. The highest BCUT2D eigenvalue weighted by atomic mass is 32.2. The van der Waals surface area contributed by atoms with Crippen LogP contribution < -0.4 is 11.5 Å². The van der Waals surface area contributed by atoms with E-state index in [1.807, 2.05) is 6.92 Å². The first kappa shape index (κ1) is 17.1. The van der Waals surface area contributed by atoms with E-state index >= 15 is 0 Å². The van der Waals surface area contributed by atoms with Gasteiger partial charge in [0.1, 0.15) is 0 Å². The van der Waals surface area contributed by atoms with E-state index < -0.39 is 22.0 Å². The number of amides is 1. The summed E-state index contributed by atoms with van der Waals surface area (Å²) in [5.74, 6) is -0.585. The second-order valence-corrected chi connectivity index (χ2v) is 7.68. The van der Waals surface area contributed by atoms with Crippen molar-refractivity contribution >= 4 is 26.8 Å². The minimum atomic E-state index is -3.78. The summed E-state index contributed by atoms with van der Waals surface area (Å²) in [4.78, 5) is 11.3. The standard InChI is InChI=1S/C17H18N4O3S/c1-11-2-5-14(6-3-11)25(23,24)21-16-7-4-12(8-13(16)10-20-21)9-15(18)17(19)22/h2-8,10,15H,9,18H2,1H3,(H2,19,22)/t15-/m0/s1. The van der Waals surface area contributed by atoms with Crippen molar-refractivity contribution in [3.05, 3.63) is 59.8 Å². The molecule has 3 rings (SSSR count). The predicted molar refractivity (Wildman–Crippen MR) is 94.4 cm³/mol. The van der Waals surface area contributed by atoms with Gasteiger partial charge in [0, 0.05) is 5.39 Å². The molecule has 0 bridgehead atoms. The Kier molecular flexibility index (Phi) is 4.32. The molecule has 0 aliphatic rings. The van der Waals surface area contributed by atoms with Gasteiger partial charge in [-0.25, -0.2) is 0 Å². The molecule has 0 spiro atoms. The summed E-state index contributed by atoms with van der Waals surface area (Å²) in [6.45, 7) is 1.89. The van der Waals surface area contributed by atoms with E-state index in [2.05, 4.69) is 5.10 Å². The zero-order chi connectivity index (χ0) is 18.2. The minimum Gasteiger partial charge on any atom is -0.368 e. The van der Waals surface area contributed by atoms with Gasteiger partial charge in [-0.15, -0.1) is 0 Å². The number of hydrogen-bond donors (Lipinski definition) is 2. The summed E-state index contributed by atoms with van der Waals surface area (Å²) in [7, 11) is -3.78. The van der Waals surface area contributed by atoms with Gasteiger partial charge >= 0.3 is 0 Å². The fourth-order valence-corrected chi connectivity index (χ4v) is 3.82. The second-order valence-electron chi connectivity index (χ2n) is 5.91. The van der Waals surface area contributed by atoms with Crippen LogP contribution in [-0.2, 0) is 21.2 Å². The molecule has 2 aromatic carbocycles. The maximum Gasteiger partial charge on any atom is 0.283 e. The van der Waals surface area contributed by atoms with Crippen LogP contribution in [0.2, 0.25) is 0 Å². The Labute approximate surface area is 145 Å². The molecule has 130 valence electrons. The predicted octanol–water partition coefficient (Wildman–Crippen LogP) is 0.937. The van der Waals surface area contributed by atoms with Crippen molar-refractivity contribution in [2.75, 3.05) is 0 Å². The lowest BCUT2D eigenvalue weighted by atomic mass is 10.0. The number of primary amides is 1. The summed E-state index contributed by atoms with van der Waals surface area (Å²) in [6.07, 6.45) is 1.75. The van der Waals surface area contributed by atoms with E-state index in [-0.39, 0.29) is 11.3 Å². The van der Waals surface area contributed by atoms with Crippen molar-refractivity contribution in [3.8, 4) is 0 Å². The second kappa shape index (κ2) is 6.30. The molecule has 0 fully saturated rings. The quantitative estimate of drug-likeness (QED) is 0.703. The molecule has 1 atom stereocenters. The molecule has 0 unspecified atom stereocenters. The number of aryl methyl sites for hydroxylation is 1. The van der Waals surface area contributed by atoms with E-state index in [4.69, 9.17) is 11.5 Å². The highest BCUT2D eigenvalue weighted by Crippen LogP contribution is 2.22. The zero-order valence-corrected chi connectivity index (χ0v) is 14.4. The van der Waals surface area contributed by atoms with Gasteiger partial charge in [0.2, 0.25) is 5.91 Å². The number of rotatable bonds is 5. The molecule has 0 saturated carbocycles. The SMILES string of the molecule is Cc1ccc(S(=O)(=O)n2ncc3cc(C[C@H](N)C(N)=O)ccc32)cc1. The van der Waals surface area contributed by atoms with Crippen molar-refractivity contribution < 1.29 is 13.2 Å². The van der Waals surface area contributed by atoms with Crippen molar-refractivity contribution in [2.45, 2.75) is 24.3 Å². The van der Waals surface area contributed by atoms with Crippen LogP contribution in [-0.4, -0.2) is 29.6 Å². The molecule has 3 aromatic rings. The Hall–Kier alpha value is -2.71. The van der Waals surface area contributed by atoms with Gasteiger partial charge in [0.05, 0.1) is 22.7 Å². The number of carbonyl (C=O) groups is 1. The van der Waals surface area contributed by atoms with E-state index in [0.717, 1.165) is 15.2 Å². The van der Waals surface area contributed by atoms with E-state index in [0.29, 0.717) is 10.9 Å². The summed E-state index contributed by atoms with van der Waals surface area (Å²) in [5.41, 5.74) is 13.0. The van der Waals surface area contributed by atoms with Crippen LogP contribution in [0.1, 0.15) is 11.1 Å². The molecule has 1 aromatic heterocycles.